The summed E-state index contributed by atoms with van der Waals surface area (Å²) >= 11 is 0. The van der Waals surface area contributed by atoms with Crippen LogP contribution in [0.1, 0.15) is 11.1 Å². The Labute approximate surface area is 108 Å². The van der Waals surface area contributed by atoms with E-state index in [9.17, 15) is 13.2 Å². The quantitative estimate of drug-likeness (QED) is 0.770. The number of nitrogens with two attached hydrogens (primary N) is 2. The molecule has 0 atom stereocenters. The molecule has 2 aromatic rings. The average molecular weight is 266 g/mol. The Bertz CT molecular complexity index is 601. The zero-order valence-corrected chi connectivity index (χ0v) is 10.3. The molecule has 4 N–H and O–H groups in total. The van der Waals surface area contributed by atoms with Crippen LogP contribution in [-0.2, 0) is 6.18 Å². The third-order valence-corrected chi connectivity index (χ3v) is 2.92. The number of anilines is 2. The van der Waals surface area contributed by atoms with E-state index in [-0.39, 0.29) is 5.69 Å². The molecule has 2 nitrogen and oxygen atoms in total. The van der Waals surface area contributed by atoms with Gasteiger partial charge in [-0.2, -0.15) is 13.2 Å². The molecule has 0 aromatic heterocycles. The molecule has 0 amide bonds. The van der Waals surface area contributed by atoms with Crippen molar-refractivity contribution in [3.63, 3.8) is 0 Å². The minimum absolute atomic E-state index is 0.260. The monoisotopic (exact) mass is 266 g/mol. The number of benzene rings is 2. The van der Waals surface area contributed by atoms with Crippen LogP contribution in [0, 0.1) is 6.92 Å². The van der Waals surface area contributed by atoms with Crippen LogP contribution < -0.4 is 11.5 Å². The summed E-state index contributed by atoms with van der Waals surface area (Å²) in [5.41, 5.74) is 12.4. The lowest BCUT2D eigenvalue weighted by Crippen LogP contribution is -2.09. The molecular formula is C14H13F3N2. The first-order valence-electron chi connectivity index (χ1n) is 5.62. The van der Waals surface area contributed by atoms with Gasteiger partial charge in [-0.1, -0.05) is 12.1 Å². The SMILES string of the molecule is Cc1cc(N)c(C(F)(F)F)cc1-c1ccc(N)cc1. The molecule has 0 bridgehead atoms. The van der Waals surface area contributed by atoms with Crippen LogP contribution in [0.25, 0.3) is 11.1 Å². The maximum absolute atomic E-state index is 12.8. The minimum Gasteiger partial charge on any atom is -0.399 e. The van der Waals surface area contributed by atoms with Gasteiger partial charge >= 0.3 is 6.18 Å². The summed E-state index contributed by atoms with van der Waals surface area (Å²) in [7, 11) is 0. The van der Waals surface area contributed by atoms with Crippen LogP contribution in [0.2, 0.25) is 0 Å². The van der Waals surface area contributed by atoms with E-state index in [0.717, 1.165) is 6.07 Å². The Hall–Kier alpha value is -2.17. The maximum Gasteiger partial charge on any atom is 0.418 e. The predicted molar refractivity (Wildman–Crippen MR) is 70.4 cm³/mol. The molecular weight excluding hydrogens is 253 g/mol. The second-order valence-electron chi connectivity index (χ2n) is 4.37. The van der Waals surface area contributed by atoms with Gasteiger partial charge in [-0.15, -0.1) is 0 Å². The first kappa shape index (κ1) is 13.3. The van der Waals surface area contributed by atoms with Crippen LogP contribution in [0.15, 0.2) is 36.4 Å². The molecule has 0 aliphatic heterocycles. The Morgan fingerprint density at radius 3 is 2.05 bits per heavy atom. The van der Waals surface area contributed by atoms with Gasteiger partial charge in [0.1, 0.15) is 0 Å². The first-order chi connectivity index (χ1) is 8.79. The fraction of sp³-hybridized carbons (Fsp3) is 0.143. The van der Waals surface area contributed by atoms with Crippen LogP contribution in [-0.4, -0.2) is 0 Å². The second kappa shape index (κ2) is 4.50. The fourth-order valence-corrected chi connectivity index (χ4v) is 1.95. The number of halogens is 3. The standard InChI is InChI=1S/C14H13F3N2/c1-8-6-13(19)12(14(15,16)17)7-11(8)9-2-4-10(18)5-3-9/h2-7H,18-19H2,1H3. The molecule has 0 spiro atoms. The Morgan fingerprint density at radius 2 is 1.53 bits per heavy atom. The topological polar surface area (TPSA) is 52.0 Å². The molecule has 0 unspecified atom stereocenters. The van der Waals surface area contributed by atoms with Gasteiger partial charge in [0, 0.05) is 11.4 Å². The third kappa shape index (κ3) is 2.65. The van der Waals surface area contributed by atoms with Crippen molar-refractivity contribution in [1.29, 1.82) is 0 Å². The molecule has 0 fully saturated rings. The van der Waals surface area contributed by atoms with Crippen molar-refractivity contribution in [1.82, 2.24) is 0 Å². The number of rotatable bonds is 1. The van der Waals surface area contributed by atoms with Gasteiger partial charge in [-0.05, 0) is 47.9 Å². The average Bonchev–Trinajstić information content (AvgIpc) is 2.29. The summed E-state index contributed by atoms with van der Waals surface area (Å²) in [4.78, 5) is 0. The highest BCUT2D eigenvalue weighted by molar-refractivity contribution is 5.73. The summed E-state index contributed by atoms with van der Waals surface area (Å²) < 4.78 is 38.5. The third-order valence-electron chi connectivity index (χ3n) is 2.92. The fourth-order valence-electron chi connectivity index (χ4n) is 1.95. The van der Waals surface area contributed by atoms with E-state index in [1.807, 2.05) is 0 Å². The maximum atomic E-state index is 12.8. The molecule has 0 saturated heterocycles. The van der Waals surface area contributed by atoms with Crippen LogP contribution in [0.4, 0.5) is 24.5 Å². The minimum atomic E-state index is -4.46. The molecule has 0 aliphatic rings. The molecule has 0 heterocycles. The lowest BCUT2D eigenvalue weighted by atomic mass is 9.96. The van der Waals surface area contributed by atoms with Gasteiger partial charge in [0.2, 0.25) is 0 Å². The highest BCUT2D eigenvalue weighted by Gasteiger charge is 2.33. The van der Waals surface area contributed by atoms with Gasteiger partial charge in [-0.25, -0.2) is 0 Å². The molecule has 2 rings (SSSR count). The highest BCUT2D eigenvalue weighted by Crippen LogP contribution is 2.37. The van der Waals surface area contributed by atoms with Gasteiger partial charge in [0.15, 0.2) is 0 Å². The molecule has 19 heavy (non-hydrogen) atoms. The molecule has 0 aliphatic carbocycles. The smallest absolute Gasteiger partial charge is 0.399 e. The summed E-state index contributed by atoms with van der Waals surface area (Å²) in [6.07, 6.45) is -4.46. The molecule has 2 aromatic carbocycles. The van der Waals surface area contributed by atoms with Crippen molar-refractivity contribution in [2.24, 2.45) is 0 Å². The van der Waals surface area contributed by atoms with Crippen LogP contribution in [0.3, 0.4) is 0 Å². The van der Waals surface area contributed by atoms with Crippen molar-refractivity contribution < 1.29 is 13.2 Å². The molecule has 5 heteroatoms. The number of alkyl halides is 3. The van der Waals surface area contributed by atoms with Crippen molar-refractivity contribution in [3.8, 4) is 11.1 Å². The Kier molecular flexibility index (Phi) is 3.14. The summed E-state index contributed by atoms with van der Waals surface area (Å²) in [5.74, 6) is 0. The second-order valence-corrected chi connectivity index (χ2v) is 4.37. The summed E-state index contributed by atoms with van der Waals surface area (Å²) in [5, 5.41) is 0. The lowest BCUT2D eigenvalue weighted by molar-refractivity contribution is -0.136. The zero-order valence-electron chi connectivity index (χ0n) is 10.3. The van der Waals surface area contributed by atoms with Crippen molar-refractivity contribution in [3.05, 3.63) is 47.5 Å². The number of aryl methyl sites for hydroxylation is 1. The largest absolute Gasteiger partial charge is 0.418 e. The summed E-state index contributed by atoms with van der Waals surface area (Å²) in [6, 6.07) is 9.10. The van der Waals surface area contributed by atoms with Crippen LogP contribution >= 0.6 is 0 Å². The Balaban J connectivity index is 2.61. The van der Waals surface area contributed by atoms with E-state index in [1.54, 1.807) is 31.2 Å². The van der Waals surface area contributed by atoms with Crippen LogP contribution in [0.5, 0.6) is 0 Å². The van der Waals surface area contributed by atoms with Crippen molar-refractivity contribution in [2.45, 2.75) is 13.1 Å². The van der Waals surface area contributed by atoms with Gasteiger partial charge in [0.05, 0.1) is 5.56 Å². The van der Waals surface area contributed by atoms with Crippen molar-refractivity contribution in [2.75, 3.05) is 11.5 Å². The normalized spacial score (nSPS) is 11.6. The summed E-state index contributed by atoms with van der Waals surface area (Å²) in [6.45, 7) is 1.72. The predicted octanol–water partition coefficient (Wildman–Crippen LogP) is 3.85. The molecule has 0 radical (unpaired) electrons. The highest BCUT2D eigenvalue weighted by atomic mass is 19.4. The van der Waals surface area contributed by atoms with Gasteiger partial charge in [-0.3, -0.25) is 0 Å². The Morgan fingerprint density at radius 1 is 0.947 bits per heavy atom. The first-order valence-corrected chi connectivity index (χ1v) is 5.62. The zero-order chi connectivity index (χ0) is 14.2. The van der Waals surface area contributed by atoms with Gasteiger partial charge < -0.3 is 11.5 Å². The van der Waals surface area contributed by atoms with E-state index < -0.39 is 11.7 Å². The van der Waals surface area contributed by atoms with E-state index in [0.29, 0.717) is 22.4 Å². The number of hydrogen-bond acceptors (Lipinski definition) is 2. The number of hydrogen-bond donors (Lipinski definition) is 2. The van der Waals surface area contributed by atoms with Gasteiger partial charge in [0.25, 0.3) is 0 Å². The number of nitrogen functional groups attached to an aromatic ring is 2. The van der Waals surface area contributed by atoms with E-state index in [2.05, 4.69) is 0 Å². The van der Waals surface area contributed by atoms with Crippen molar-refractivity contribution >= 4 is 11.4 Å². The lowest BCUT2D eigenvalue weighted by Gasteiger charge is -2.14. The molecule has 100 valence electrons. The van der Waals surface area contributed by atoms with E-state index >= 15 is 0 Å². The van der Waals surface area contributed by atoms with E-state index in [4.69, 9.17) is 11.5 Å². The van der Waals surface area contributed by atoms with E-state index in [1.165, 1.54) is 6.07 Å². The molecule has 0 saturated carbocycles.